The van der Waals surface area contributed by atoms with Crippen molar-refractivity contribution in [2.24, 2.45) is 0 Å². The molecule has 0 aliphatic carbocycles. The smallest absolute Gasteiger partial charge is 0.341 e. The van der Waals surface area contributed by atoms with E-state index in [1.54, 1.807) is 39.0 Å². The number of halogens is 1. The first-order valence-corrected chi connectivity index (χ1v) is 9.90. The summed E-state index contributed by atoms with van der Waals surface area (Å²) in [6, 6.07) is 5.10. The van der Waals surface area contributed by atoms with E-state index in [4.69, 9.17) is 21.1 Å². The number of ether oxygens (including phenoxy) is 2. The molecule has 1 amide bonds. The number of esters is 1. The molecule has 2 rings (SSSR count). The van der Waals surface area contributed by atoms with Crippen LogP contribution in [0.25, 0.3) is 0 Å². The van der Waals surface area contributed by atoms with Gasteiger partial charge in [0.2, 0.25) is 0 Å². The van der Waals surface area contributed by atoms with Gasteiger partial charge in [0, 0.05) is 5.02 Å². The van der Waals surface area contributed by atoms with E-state index in [9.17, 15) is 14.4 Å². The van der Waals surface area contributed by atoms with Gasteiger partial charge >= 0.3 is 5.97 Å². The molecule has 1 heterocycles. The van der Waals surface area contributed by atoms with Crippen molar-refractivity contribution in [3.05, 3.63) is 44.8 Å². The number of Topliss-reactive ketones (excluding diaryl/α,β-unsaturated/α-hetero) is 1. The second-order valence-corrected chi connectivity index (χ2v) is 7.63. The number of hydrogen-bond acceptors (Lipinski definition) is 6. The maximum atomic E-state index is 12.6. The topological polar surface area (TPSA) is 81.7 Å². The lowest BCUT2D eigenvalue weighted by Crippen LogP contribution is -2.30. The molecule has 28 heavy (non-hydrogen) atoms. The second kappa shape index (κ2) is 9.21. The molecule has 1 N–H and O–H groups in total. The number of carbonyl (C=O) groups excluding carboxylic acids is 3. The summed E-state index contributed by atoms with van der Waals surface area (Å²) in [5.41, 5.74) is 1.52. The summed E-state index contributed by atoms with van der Waals surface area (Å²) in [5.74, 6) is -0.716. The second-order valence-electron chi connectivity index (χ2n) is 6.20. The Morgan fingerprint density at radius 3 is 2.50 bits per heavy atom. The summed E-state index contributed by atoms with van der Waals surface area (Å²) >= 11 is 7.05. The van der Waals surface area contributed by atoms with Gasteiger partial charge in [0.15, 0.2) is 11.9 Å². The van der Waals surface area contributed by atoms with Crippen molar-refractivity contribution in [1.29, 1.82) is 0 Å². The molecule has 1 aromatic carbocycles. The summed E-state index contributed by atoms with van der Waals surface area (Å²) < 4.78 is 10.7. The van der Waals surface area contributed by atoms with E-state index in [1.807, 2.05) is 6.92 Å². The molecule has 0 unspecified atom stereocenters. The largest absolute Gasteiger partial charge is 0.481 e. The van der Waals surface area contributed by atoms with Crippen molar-refractivity contribution in [2.75, 3.05) is 11.9 Å². The highest BCUT2D eigenvalue weighted by atomic mass is 35.5. The fourth-order valence-corrected chi connectivity index (χ4v) is 3.76. The van der Waals surface area contributed by atoms with E-state index in [-0.39, 0.29) is 23.0 Å². The van der Waals surface area contributed by atoms with Crippen molar-refractivity contribution in [3.63, 3.8) is 0 Å². The highest BCUT2D eigenvalue weighted by Gasteiger charge is 2.26. The Hall–Kier alpha value is -2.38. The average molecular weight is 424 g/mol. The minimum absolute atomic E-state index is 0.186. The average Bonchev–Trinajstić information content (AvgIpc) is 2.94. The van der Waals surface area contributed by atoms with Crippen LogP contribution in [-0.4, -0.2) is 30.4 Å². The third kappa shape index (κ3) is 4.91. The summed E-state index contributed by atoms with van der Waals surface area (Å²) in [6.45, 7) is 8.37. The lowest BCUT2D eigenvalue weighted by molar-refractivity contribution is -0.122. The van der Waals surface area contributed by atoms with Crippen LogP contribution in [0.4, 0.5) is 5.00 Å². The number of anilines is 1. The van der Waals surface area contributed by atoms with Crippen LogP contribution >= 0.6 is 22.9 Å². The van der Waals surface area contributed by atoms with E-state index in [1.165, 1.54) is 6.92 Å². The quantitative estimate of drug-likeness (QED) is 0.510. The van der Waals surface area contributed by atoms with Gasteiger partial charge in [0.25, 0.3) is 5.91 Å². The Morgan fingerprint density at radius 1 is 1.25 bits per heavy atom. The number of amides is 1. The molecule has 6 nitrogen and oxygen atoms in total. The normalized spacial score (nSPS) is 11.6. The summed E-state index contributed by atoms with van der Waals surface area (Å²) in [4.78, 5) is 37.2. The molecule has 0 aliphatic rings. The number of rotatable bonds is 7. The first kappa shape index (κ1) is 21.9. The predicted octanol–water partition coefficient (Wildman–Crippen LogP) is 4.80. The van der Waals surface area contributed by atoms with E-state index in [0.717, 1.165) is 16.9 Å². The molecule has 0 saturated heterocycles. The van der Waals surface area contributed by atoms with Crippen LogP contribution in [0.1, 0.15) is 51.9 Å². The zero-order valence-electron chi connectivity index (χ0n) is 16.3. The molecule has 0 spiro atoms. The molecule has 1 atom stereocenters. The molecule has 150 valence electrons. The van der Waals surface area contributed by atoms with E-state index < -0.39 is 18.0 Å². The highest BCUT2D eigenvalue weighted by Crippen LogP contribution is 2.34. The van der Waals surface area contributed by atoms with Crippen LogP contribution in [-0.2, 0) is 9.53 Å². The molecular formula is C20H22ClNO5S. The number of benzene rings is 1. The zero-order valence-corrected chi connectivity index (χ0v) is 17.9. The van der Waals surface area contributed by atoms with Gasteiger partial charge in [-0.1, -0.05) is 11.6 Å². The number of aryl methyl sites for hydroxylation is 1. The number of thiophene rings is 1. The Morgan fingerprint density at radius 2 is 1.93 bits per heavy atom. The van der Waals surface area contributed by atoms with Gasteiger partial charge in [0.05, 0.1) is 17.0 Å². The maximum absolute atomic E-state index is 12.6. The lowest BCUT2D eigenvalue weighted by atomic mass is 10.1. The third-order valence-corrected chi connectivity index (χ3v) is 5.73. The van der Waals surface area contributed by atoms with Crippen LogP contribution in [0.5, 0.6) is 5.75 Å². The first-order chi connectivity index (χ1) is 13.1. The van der Waals surface area contributed by atoms with Crippen molar-refractivity contribution in [1.82, 2.24) is 0 Å². The van der Waals surface area contributed by atoms with Gasteiger partial charge in [0.1, 0.15) is 10.8 Å². The SMILES string of the molecule is CCOC(=O)c1c(NC(=O)[C@H](C)Oc2ccc(Cl)c(C)c2)sc(C(C)=O)c1C. The van der Waals surface area contributed by atoms with Crippen LogP contribution in [0, 0.1) is 13.8 Å². The molecule has 0 radical (unpaired) electrons. The van der Waals surface area contributed by atoms with E-state index in [2.05, 4.69) is 5.32 Å². The highest BCUT2D eigenvalue weighted by molar-refractivity contribution is 7.18. The summed E-state index contributed by atoms with van der Waals surface area (Å²) in [7, 11) is 0. The number of ketones is 1. The Kier molecular flexibility index (Phi) is 7.21. The molecule has 8 heteroatoms. The van der Waals surface area contributed by atoms with E-state index in [0.29, 0.717) is 21.2 Å². The van der Waals surface area contributed by atoms with E-state index >= 15 is 0 Å². The van der Waals surface area contributed by atoms with Gasteiger partial charge in [-0.3, -0.25) is 9.59 Å². The molecule has 0 bridgehead atoms. The summed E-state index contributed by atoms with van der Waals surface area (Å²) in [5, 5.41) is 3.57. The Balaban J connectivity index is 2.24. The van der Waals surface area contributed by atoms with Crippen LogP contribution < -0.4 is 10.1 Å². The van der Waals surface area contributed by atoms with Crippen LogP contribution in [0.2, 0.25) is 5.02 Å². The standard InChI is InChI=1S/C20H22ClNO5S/c1-6-26-20(25)16-11(3)17(12(4)23)28-19(16)22-18(24)13(5)27-14-7-8-15(21)10(2)9-14/h7-9,13H,6H2,1-5H3,(H,22,24)/t13-/m0/s1. The van der Waals surface area contributed by atoms with Gasteiger partial charge < -0.3 is 14.8 Å². The molecular weight excluding hydrogens is 402 g/mol. The van der Waals surface area contributed by atoms with Gasteiger partial charge in [-0.05, 0) is 63.9 Å². The molecule has 0 fully saturated rings. The molecule has 1 aromatic heterocycles. The molecule has 0 aliphatic heterocycles. The van der Waals surface area contributed by atoms with Crippen molar-refractivity contribution >= 4 is 45.6 Å². The number of carbonyl (C=O) groups is 3. The van der Waals surface area contributed by atoms with Gasteiger partial charge in [-0.2, -0.15) is 0 Å². The monoisotopic (exact) mass is 423 g/mol. The molecule has 2 aromatic rings. The van der Waals surface area contributed by atoms with Crippen molar-refractivity contribution < 1.29 is 23.9 Å². The zero-order chi connectivity index (χ0) is 21.0. The van der Waals surface area contributed by atoms with Crippen molar-refractivity contribution in [2.45, 2.75) is 40.7 Å². The fraction of sp³-hybridized carbons (Fsp3) is 0.350. The lowest BCUT2D eigenvalue weighted by Gasteiger charge is -2.15. The van der Waals surface area contributed by atoms with Crippen molar-refractivity contribution in [3.8, 4) is 5.75 Å². The number of hydrogen-bond donors (Lipinski definition) is 1. The van der Waals surface area contributed by atoms with Gasteiger partial charge in [-0.25, -0.2) is 4.79 Å². The minimum Gasteiger partial charge on any atom is -0.481 e. The first-order valence-electron chi connectivity index (χ1n) is 8.70. The number of nitrogens with one attached hydrogen (secondary N) is 1. The van der Waals surface area contributed by atoms with Crippen LogP contribution in [0.15, 0.2) is 18.2 Å². The maximum Gasteiger partial charge on any atom is 0.341 e. The minimum atomic E-state index is -0.834. The fourth-order valence-electron chi connectivity index (χ4n) is 2.55. The Labute approximate surface area is 172 Å². The molecule has 0 saturated carbocycles. The van der Waals surface area contributed by atoms with Gasteiger partial charge in [-0.15, -0.1) is 11.3 Å². The predicted molar refractivity (Wildman–Crippen MR) is 110 cm³/mol. The Bertz CT molecular complexity index is 922. The summed E-state index contributed by atoms with van der Waals surface area (Å²) in [6.07, 6.45) is -0.834. The third-order valence-electron chi connectivity index (χ3n) is 3.99. The van der Waals surface area contributed by atoms with Crippen LogP contribution in [0.3, 0.4) is 0 Å².